The van der Waals surface area contributed by atoms with Crippen LogP contribution in [0.1, 0.15) is 0 Å². The molecule has 0 bridgehead atoms. The van der Waals surface area contributed by atoms with E-state index in [1.165, 1.54) is 11.0 Å². The van der Waals surface area contributed by atoms with Crippen LogP contribution in [0.3, 0.4) is 0 Å². The fraction of sp³-hybridized carbons (Fsp3) is 0. The molecule has 0 saturated carbocycles. The molecule has 2 heterocycles. The Balaban J connectivity index is 2.60. The zero-order chi connectivity index (χ0) is 9.26. The molecular weight excluding hydrogens is 188 g/mol. The van der Waals surface area contributed by atoms with Crippen LogP contribution >= 0.6 is 12.2 Å². The zero-order valence-electron chi connectivity index (χ0n) is 6.51. The summed E-state index contributed by atoms with van der Waals surface area (Å²) >= 11 is 4.85. The quantitative estimate of drug-likeness (QED) is 0.497. The normalized spacial score (nSPS) is 10.2. The Morgan fingerprint density at radius 1 is 1.38 bits per heavy atom. The van der Waals surface area contributed by atoms with Gasteiger partial charge in [0.25, 0.3) is 0 Å². The number of nitrogens with two attached hydrogens (primary N) is 1. The van der Waals surface area contributed by atoms with Crippen molar-refractivity contribution in [3.63, 3.8) is 0 Å². The Labute approximate surface area is 78.4 Å². The SMILES string of the molecule is Nn1c(-c2cncnc2)n[nH]c1=S. The molecule has 0 saturated heterocycles. The van der Waals surface area contributed by atoms with Gasteiger partial charge < -0.3 is 5.84 Å². The second-order valence-corrected chi connectivity index (χ2v) is 2.74. The highest BCUT2D eigenvalue weighted by Gasteiger charge is 2.05. The number of nitrogen functional groups attached to an aromatic ring is 1. The predicted octanol–water partition coefficient (Wildman–Crippen LogP) is 0.111. The molecule has 2 aromatic heterocycles. The summed E-state index contributed by atoms with van der Waals surface area (Å²) in [5.74, 6) is 6.12. The average molecular weight is 194 g/mol. The van der Waals surface area contributed by atoms with Crippen LogP contribution in [-0.2, 0) is 0 Å². The Kier molecular flexibility index (Phi) is 1.78. The van der Waals surface area contributed by atoms with Crippen LogP contribution < -0.4 is 5.84 Å². The molecule has 0 aromatic carbocycles. The van der Waals surface area contributed by atoms with E-state index in [4.69, 9.17) is 18.1 Å². The first-order chi connectivity index (χ1) is 6.29. The summed E-state index contributed by atoms with van der Waals surface area (Å²) in [5, 5.41) is 6.50. The van der Waals surface area contributed by atoms with E-state index in [2.05, 4.69) is 20.2 Å². The molecule has 6 nitrogen and oxygen atoms in total. The van der Waals surface area contributed by atoms with Crippen molar-refractivity contribution in [3.05, 3.63) is 23.5 Å². The van der Waals surface area contributed by atoms with Crippen molar-refractivity contribution in [3.8, 4) is 11.4 Å². The molecule has 0 aliphatic heterocycles. The first-order valence-corrected chi connectivity index (χ1v) is 3.88. The average Bonchev–Trinajstić information content (AvgIpc) is 2.49. The van der Waals surface area contributed by atoms with Crippen LogP contribution in [0.4, 0.5) is 0 Å². The van der Waals surface area contributed by atoms with Gasteiger partial charge in [-0.15, -0.1) is 0 Å². The second-order valence-electron chi connectivity index (χ2n) is 2.35. The molecule has 0 spiro atoms. The lowest BCUT2D eigenvalue weighted by atomic mass is 10.3. The van der Waals surface area contributed by atoms with Gasteiger partial charge in [-0.05, 0) is 12.2 Å². The monoisotopic (exact) mass is 194 g/mol. The van der Waals surface area contributed by atoms with Crippen molar-refractivity contribution < 1.29 is 0 Å². The first kappa shape index (κ1) is 7.87. The molecule has 0 radical (unpaired) electrons. The maximum atomic E-state index is 5.60. The van der Waals surface area contributed by atoms with Crippen LogP contribution in [-0.4, -0.2) is 24.8 Å². The van der Waals surface area contributed by atoms with E-state index >= 15 is 0 Å². The van der Waals surface area contributed by atoms with Crippen LogP contribution in [0.15, 0.2) is 18.7 Å². The van der Waals surface area contributed by atoms with Gasteiger partial charge in [-0.25, -0.2) is 19.7 Å². The van der Waals surface area contributed by atoms with E-state index in [-0.39, 0.29) is 0 Å². The lowest BCUT2D eigenvalue weighted by Gasteiger charge is -1.96. The van der Waals surface area contributed by atoms with Crippen molar-refractivity contribution >= 4 is 12.2 Å². The number of hydrogen-bond acceptors (Lipinski definition) is 5. The van der Waals surface area contributed by atoms with Crippen molar-refractivity contribution in [2.24, 2.45) is 0 Å². The molecule has 0 unspecified atom stereocenters. The fourth-order valence-corrected chi connectivity index (χ4v) is 1.06. The predicted molar refractivity (Wildman–Crippen MR) is 48.6 cm³/mol. The summed E-state index contributed by atoms with van der Waals surface area (Å²) in [7, 11) is 0. The summed E-state index contributed by atoms with van der Waals surface area (Å²) in [6.45, 7) is 0. The van der Waals surface area contributed by atoms with E-state index in [1.54, 1.807) is 12.4 Å². The summed E-state index contributed by atoms with van der Waals surface area (Å²) in [4.78, 5) is 7.69. The van der Waals surface area contributed by atoms with E-state index in [1.807, 2.05) is 0 Å². The maximum absolute atomic E-state index is 5.60. The molecule has 3 N–H and O–H groups in total. The van der Waals surface area contributed by atoms with Gasteiger partial charge in [0, 0.05) is 12.4 Å². The highest BCUT2D eigenvalue weighted by molar-refractivity contribution is 7.71. The van der Waals surface area contributed by atoms with Gasteiger partial charge in [-0.3, -0.25) is 0 Å². The number of H-pyrrole nitrogens is 1. The summed E-state index contributed by atoms with van der Waals surface area (Å²) in [5.41, 5.74) is 0.720. The maximum Gasteiger partial charge on any atom is 0.214 e. The molecule has 0 aliphatic carbocycles. The number of aromatic amines is 1. The lowest BCUT2D eigenvalue weighted by molar-refractivity contribution is 0.980. The molecule has 7 heteroatoms. The minimum atomic E-state index is 0.360. The van der Waals surface area contributed by atoms with E-state index in [0.29, 0.717) is 10.6 Å². The molecule has 0 fully saturated rings. The third-order valence-corrected chi connectivity index (χ3v) is 1.81. The Morgan fingerprint density at radius 2 is 2.08 bits per heavy atom. The topological polar surface area (TPSA) is 85.4 Å². The number of hydrogen-bond donors (Lipinski definition) is 2. The summed E-state index contributed by atoms with van der Waals surface area (Å²) in [6, 6.07) is 0. The van der Waals surface area contributed by atoms with Gasteiger partial charge in [0.2, 0.25) is 4.77 Å². The zero-order valence-corrected chi connectivity index (χ0v) is 7.32. The highest BCUT2D eigenvalue weighted by atomic mass is 32.1. The van der Waals surface area contributed by atoms with Gasteiger partial charge >= 0.3 is 0 Å². The van der Waals surface area contributed by atoms with Gasteiger partial charge in [-0.2, -0.15) is 5.10 Å². The third kappa shape index (κ3) is 1.29. The molecule has 0 amide bonds. The van der Waals surface area contributed by atoms with Crippen LogP contribution in [0, 0.1) is 4.77 Å². The van der Waals surface area contributed by atoms with Crippen molar-refractivity contribution in [1.82, 2.24) is 24.8 Å². The smallest absolute Gasteiger partial charge is 0.214 e. The van der Waals surface area contributed by atoms with Crippen LogP contribution in [0.25, 0.3) is 11.4 Å². The number of aromatic nitrogens is 5. The number of rotatable bonds is 1. The van der Waals surface area contributed by atoms with E-state index in [0.717, 1.165) is 5.56 Å². The van der Waals surface area contributed by atoms with E-state index < -0.39 is 0 Å². The van der Waals surface area contributed by atoms with E-state index in [9.17, 15) is 0 Å². The molecule has 0 atom stereocenters. The number of nitrogens with zero attached hydrogens (tertiary/aromatic N) is 4. The van der Waals surface area contributed by atoms with Crippen LogP contribution in [0.5, 0.6) is 0 Å². The Hall–Kier alpha value is -1.76. The largest absolute Gasteiger partial charge is 0.335 e. The summed E-state index contributed by atoms with van der Waals surface area (Å²) < 4.78 is 1.63. The number of nitrogens with one attached hydrogen (secondary N) is 1. The minimum Gasteiger partial charge on any atom is -0.335 e. The Morgan fingerprint density at radius 3 is 2.62 bits per heavy atom. The second kappa shape index (κ2) is 2.94. The van der Waals surface area contributed by atoms with Crippen molar-refractivity contribution in [2.75, 3.05) is 5.84 Å². The lowest BCUT2D eigenvalue weighted by Crippen LogP contribution is -2.10. The molecule has 66 valence electrons. The van der Waals surface area contributed by atoms with Gasteiger partial charge in [0.15, 0.2) is 5.82 Å². The Bertz CT molecular complexity index is 457. The molecule has 2 rings (SSSR count). The van der Waals surface area contributed by atoms with Gasteiger partial charge in [0.1, 0.15) is 6.33 Å². The van der Waals surface area contributed by atoms with Gasteiger partial charge in [0.05, 0.1) is 5.56 Å². The van der Waals surface area contributed by atoms with Crippen molar-refractivity contribution in [2.45, 2.75) is 0 Å². The molecule has 0 aliphatic rings. The minimum absolute atomic E-state index is 0.360. The van der Waals surface area contributed by atoms with Crippen molar-refractivity contribution in [1.29, 1.82) is 0 Å². The molecular formula is C6H6N6S. The summed E-state index contributed by atoms with van der Waals surface area (Å²) in [6.07, 6.45) is 4.66. The first-order valence-electron chi connectivity index (χ1n) is 3.47. The standard InChI is InChI=1S/C6H6N6S/c7-12-5(10-11-6(12)13)4-1-8-3-9-2-4/h1-3H,7H2,(H,11,13). The van der Waals surface area contributed by atoms with Crippen LogP contribution in [0.2, 0.25) is 0 Å². The third-order valence-electron chi connectivity index (χ3n) is 1.52. The molecule has 2 aromatic rings. The van der Waals surface area contributed by atoms with Gasteiger partial charge in [-0.1, -0.05) is 0 Å². The highest BCUT2D eigenvalue weighted by Crippen LogP contribution is 2.11. The fourth-order valence-electron chi connectivity index (χ4n) is 0.923. The molecule has 13 heavy (non-hydrogen) atoms.